The summed E-state index contributed by atoms with van der Waals surface area (Å²) >= 11 is 0. The molecule has 1 fully saturated rings. The Hall–Kier alpha value is -0.570. The molecule has 2 atom stereocenters. The molecule has 0 bridgehead atoms. The fourth-order valence-corrected chi connectivity index (χ4v) is 2.19. The van der Waals surface area contributed by atoms with Crippen molar-refractivity contribution in [1.29, 1.82) is 0 Å². The van der Waals surface area contributed by atoms with Crippen LogP contribution in [0.4, 0.5) is 0 Å². The number of carbonyl (C=O) groups is 1. The molecule has 0 aliphatic heterocycles. The van der Waals surface area contributed by atoms with E-state index in [1.165, 1.54) is 12.8 Å². The van der Waals surface area contributed by atoms with Crippen LogP contribution in [-0.2, 0) is 9.53 Å². The zero-order chi connectivity index (χ0) is 12.0. The van der Waals surface area contributed by atoms with Gasteiger partial charge < -0.3 is 10.1 Å². The van der Waals surface area contributed by atoms with Gasteiger partial charge in [0.2, 0.25) is 0 Å². The molecule has 0 aromatic heterocycles. The molecular formula is C13H25NO2. The molecule has 0 heterocycles. The highest BCUT2D eigenvalue weighted by Gasteiger charge is 2.21. The molecule has 1 rings (SSSR count). The summed E-state index contributed by atoms with van der Waals surface area (Å²) < 4.78 is 5.46. The van der Waals surface area contributed by atoms with Gasteiger partial charge in [-0.05, 0) is 25.2 Å². The molecule has 1 aliphatic rings. The van der Waals surface area contributed by atoms with E-state index in [1.54, 1.807) is 0 Å². The Bertz CT molecular complexity index is 216. The molecule has 3 nitrogen and oxygen atoms in total. The average Bonchev–Trinajstić information content (AvgIpc) is 2.16. The summed E-state index contributed by atoms with van der Waals surface area (Å²) in [7, 11) is 0. The fourth-order valence-electron chi connectivity index (χ4n) is 2.19. The fraction of sp³-hybridized carbons (Fsp3) is 0.923. The van der Waals surface area contributed by atoms with Gasteiger partial charge >= 0.3 is 5.97 Å². The first-order valence-electron chi connectivity index (χ1n) is 6.50. The minimum Gasteiger partial charge on any atom is -0.462 e. The maximum absolute atomic E-state index is 11.5. The van der Waals surface area contributed by atoms with E-state index in [1.807, 2.05) is 0 Å². The lowest BCUT2D eigenvalue weighted by Crippen LogP contribution is -2.29. The van der Waals surface area contributed by atoms with Crippen LogP contribution in [0.5, 0.6) is 0 Å². The monoisotopic (exact) mass is 227 g/mol. The van der Waals surface area contributed by atoms with Crippen LogP contribution in [0, 0.1) is 5.92 Å². The minimum absolute atomic E-state index is 0.0488. The molecule has 0 amide bonds. The van der Waals surface area contributed by atoms with Crippen molar-refractivity contribution in [3.8, 4) is 0 Å². The van der Waals surface area contributed by atoms with Crippen LogP contribution < -0.4 is 5.32 Å². The molecule has 0 saturated heterocycles. The second-order valence-corrected chi connectivity index (χ2v) is 5.24. The second kappa shape index (κ2) is 6.89. The Kier molecular flexibility index (Phi) is 5.81. The zero-order valence-corrected chi connectivity index (χ0v) is 10.8. The summed E-state index contributed by atoms with van der Waals surface area (Å²) in [5, 5.41) is 3.22. The summed E-state index contributed by atoms with van der Waals surface area (Å²) in [5.41, 5.74) is 0. The molecule has 1 aliphatic carbocycles. The van der Waals surface area contributed by atoms with Gasteiger partial charge in [-0.2, -0.15) is 0 Å². The number of esters is 1. The highest BCUT2D eigenvalue weighted by molar-refractivity contribution is 5.69. The van der Waals surface area contributed by atoms with Crippen LogP contribution in [0.3, 0.4) is 0 Å². The first-order valence-corrected chi connectivity index (χ1v) is 6.50. The van der Waals surface area contributed by atoms with E-state index in [4.69, 9.17) is 4.74 Å². The van der Waals surface area contributed by atoms with Crippen LogP contribution in [0.25, 0.3) is 0 Å². The highest BCUT2D eigenvalue weighted by atomic mass is 16.5. The molecule has 3 heteroatoms. The van der Waals surface area contributed by atoms with E-state index in [9.17, 15) is 4.79 Å². The van der Waals surface area contributed by atoms with Gasteiger partial charge in [-0.1, -0.05) is 27.2 Å². The Morgan fingerprint density at radius 1 is 1.44 bits per heavy atom. The third-order valence-electron chi connectivity index (χ3n) is 3.07. The van der Waals surface area contributed by atoms with Crippen molar-refractivity contribution in [2.45, 2.75) is 65.0 Å². The van der Waals surface area contributed by atoms with Crippen molar-refractivity contribution in [2.24, 2.45) is 5.92 Å². The SMILES string of the molecule is CC1CCCC(OC(=O)CCNC(C)C)C1. The highest BCUT2D eigenvalue weighted by Crippen LogP contribution is 2.25. The first-order chi connectivity index (χ1) is 7.58. The molecule has 1 N–H and O–H groups in total. The van der Waals surface area contributed by atoms with Crippen molar-refractivity contribution < 1.29 is 9.53 Å². The molecular weight excluding hydrogens is 202 g/mol. The third kappa shape index (κ3) is 5.50. The van der Waals surface area contributed by atoms with Crippen molar-refractivity contribution in [2.75, 3.05) is 6.54 Å². The van der Waals surface area contributed by atoms with Crippen LogP contribution in [0.15, 0.2) is 0 Å². The summed E-state index contributed by atoms with van der Waals surface area (Å²) in [6.45, 7) is 7.11. The lowest BCUT2D eigenvalue weighted by molar-refractivity contribution is -0.151. The molecule has 2 unspecified atom stereocenters. The molecule has 94 valence electrons. The van der Waals surface area contributed by atoms with Crippen molar-refractivity contribution in [3.63, 3.8) is 0 Å². The topological polar surface area (TPSA) is 38.3 Å². The predicted octanol–water partition coefficient (Wildman–Crippen LogP) is 2.50. The lowest BCUT2D eigenvalue weighted by Gasteiger charge is -2.26. The molecule has 0 aromatic carbocycles. The van der Waals surface area contributed by atoms with Gasteiger partial charge in [0.05, 0.1) is 6.42 Å². The molecule has 1 saturated carbocycles. The smallest absolute Gasteiger partial charge is 0.307 e. The maximum Gasteiger partial charge on any atom is 0.307 e. The summed E-state index contributed by atoms with van der Waals surface area (Å²) in [6.07, 6.45) is 5.24. The van der Waals surface area contributed by atoms with Crippen LogP contribution in [0.2, 0.25) is 0 Å². The summed E-state index contributed by atoms with van der Waals surface area (Å²) in [5.74, 6) is 0.660. The molecule has 0 aromatic rings. The summed E-state index contributed by atoms with van der Waals surface area (Å²) in [4.78, 5) is 11.5. The molecule has 0 radical (unpaired) electrons. The Labute approximate surface area is 98.9 Å². The normalized spacial score (nSPS) is 25.8. The Balaban J connectivity index is 2.13. The van der Waals surface area contributed by atoms with Crippen LogP contribution in [0.1, 0.15) is 52.9 Å². The quantitative estimate of drug-likeness (QED) is 0.733. The average molecular weight is 227 g/mol. The standard InChI is InChI=1S/C13H25NO2/c1-10(2)14-8-7-13(15)16-12-6-4-5-11(3)9-12/h10-12,14H,4-9H2,1-3H3. The molecule has 16 heavy (non-hydrogen) atoms. The first kappa shape index (κ1) is 13.5. The van der Waals surface area contributed by atoms with Gasteiger partial charge in [0.1, 0.15) is 6.10 Å². The Morgan fingerprint density at radius 2 is 2.19 bits per heavy atom. The number of hydrogen-bond donors (Lipinski definition) is 1. The summed E-state index contributed by atoms with van der Waals surface area (Å²) in [6, 6.07) is 0.433. The zero-order valence-electron chi connectivity index (χ0n) is 10.8. The van der Waals surface area contributed by atoms with E-state index in [2.05, 4.69) is 26.1 Å². The number of carbonyl (C=O) groups excluding carboxylic acids is 1. The van der Waals surface area contributed by atoms with Crippen LogP contribution in [-0.4, -0.2) is 24.7 Å². The maximum atomic E-state index is 11.5. The molecule has 0 spiro atoms. The number of nitrogens with one attached hydrogen (secondary N) is 1. The number of hydrogen-bond acceptors (Lipinski definition) is 3. The number of rotatable bonds is 5. The van der Waals surface area contributed by atoms with Crippen molar-refractivity contribution >= 4 is 5.97 Å². The van der Waals surface area contributed by atoms with Gasteiger partial charge in [-0.3, -0.25) is 4.79 Å². The number of ether oxygens (including phenoxy) is 1. The van der Waals surface area contributed by atoms with E-state index in [0.29, 0.717) is 18.4 Å². The van der Waals surface area contributed by atoms with Crippen molar-refractivity contribution in [1.82, 2.24) is 5.32 Å². The van der Waals surface area contributed by atoms with Crippen molar-refractivity contribution in [3.05, 3.63) is 0 Å². The minimum atomic E-state index is -0.0488. The largest absolute Gasteiger partial charge is 0.462 e. The van der Waals surface area contributed by atoms with Gasteiger partial charge in [0.25, 0.3) is 0 Å². The second-order valence-electron chi connectivity index (χ2n) is 5.24. The van der Waals surface area contributed by atoms with E-state index < -0.39 is 0 Å². The predicted molar refractivity (Wildman–Crippen MR) is 65.3 cm³/mol. The van der Waals surface area contributed by atoms with E-state index in [-0.39, 0.29) is 12.1 Å². The van der Waals surface area contributed by atoms with Gasteiger partial charge in [-0.15, -0.1) is 0 Å². The van der Waals surface area contributed by atoms with Crippen LogP contribution >= 0.6 is 0 Å². The van der Waals surface area contributed by atoms with Gasteiger partial charge in [0, 0.05) is 12.6 Å². The van der Waals surface area contributed by atoms with Gasteiger partial charge in [0.15, 0.2) is 0 Å². The Morgan fingerprint density at radius 3 is 2.81 bits per heavy atom. The van der Waals surface area contributed by atoms with Gasteiger partial charge in [-0.25, -0.2) is 0 Å². The third-order valence-corrected chi connectivity index (χ3v) is 3.07. The van der Waals surface area contributed by atoms with E-state index in [0.717, 1.165) is 19.4 Å². The lowest BCUT2D eigenvalue weighted by atomic mass is 9.89. The van der Waals surface area contributed by atoms with E-state index >= 15 is 0 Å².